The fraction of sp³-hybridized carbons (Fsp3) is 1.00. The second-order valence-corrected chi connectivity index (χ2v) is 5.62. The summed E-state index contributed by atoms with van der Waals surface area (Å²) in [5.41, 5.74) is 0. The van der Waals surface area contributed by atoms with Gasteiger partial charge in [-0.2, -0.15) is 0 Å². The van der Waals surface area contributed by atoms with Gasteiger partial charge in [-0.05, 0) is 6.42 Å². The molecule has 14 heavy (non-hydrogen) atoms. The molecule has 0 aromatic rings. The molecule has 0 rings (SSSR count). The summed E-state index contributed by atoms with van der Waals surface area (Å²) in [7, 11) is 0. The number of hydrogen-bond acceptors (Lipinski definition) is 0. The molecule has 0 spiro atoms. The van der Waals surface area contributed by atoms with Gasteiger partial charge in [-0.1, -0.05) is 74.2 Å². The summed E-state index contributed by atoms with van der Waals surface area (Å²) in [5.74, 6) is 0.747. The highest BCUT2D eigenvalue weighted by Gasteiger charge is 2.00. The van der Waals surface area contributed by atoms with Crippen molar-refractivity contribution in [2.24, 2.45) is 0 Å². The van der Waals surface area contributed by atoms with E-state index in [0.717, 1.165) is 5.88 Å². The molecule has 0 radical (unpaired) electrons. The Morgan fingerprint density at radius 1 is 0.929 bits per heavy atom. The Bertz CT molecular complexity index is 106. The Morgan fingerprint density at radius 3 is 1.93 bits per heavy atom. The summed E-state index contributed by atoms with van der Waals surface area (Å²) in [5, 5.41) is 0. The van der Waals surface area contributed by atoms with E-state index in [2.05, 4.69) is 22.9 Å². The van der Waals surface area contributed by atoms with E-state index in [1.165, 1.54) is 57.8 Å². The summed E-state index contributed by atoms with van der Waals surface area (Å²) < 4.78 is 0. The van der Waals surface area contributed by atoms with Crippen LogP contribution in [0, 0.1) is 0 Å². The van der Waals surface area contributed by atoms with Crippen LogP contribution in [0.5, 0.6) is 0 Å². The van der Waals surface area contributed by atoms with Gasteiger partial charge < -0.3 is 0 Å². The second-order valence-electron chi connectivity index (χ2n) is 4.02. The van der Waals surface area contributed by atoms with E-state index in [-0.39, 0.29) is 0 Å². The number of alkyl halides is 2. The van der Waals surface area contributed by atoms with Crippen LogP contribution < -0.4 is 0 Å². The molecule has 0 aromatic carbocycles. The second kappa shape index (κ2) is 11.8. The number of unbranched alkanes of at least 4 members (excludes halogenated alkanes) is 7. The summed E-state index contributed by atoms with van der Waals surface area (Å²) in [6.45, 7) is 2.27. The average molecular weight is 284 g/mol. The normalized spacial score (nSPS) is 13.1. The highest BCUT2D eigenvalue weighted by Crippen LogP contribution is 2.14. The third kappa shape index (κ3) is 10.8. The molecule has 0 bridgehead atoms. The van der Waals surface area contributed by atoms with Gasteiger partial charge in [-0.25, -0.2) is 0 Å². The molecule has 0 saturated carbocycles. The molecule has 0 aliphatic rings. The van der Waals surface area contributed by atoms with Crippen LogP contribution in [0.25, 0.3) is 0 Å². The minimum atomic E-state index is 0.532. The fourth-order valence-electron chi connectivity index (χ4n) is 1.58. The van der Waals surface area contributed by atoms with Crippen LogP contribution in [0.3, 0.4) is 0 Å². The molecule has 0 aromatic heterocycles. The summed E-state index contributed by atoms with van der Waals surface area (Å²) in [6.07, 6.45) is 12.4. The molecule has 0 N–H and O–H groups in total. The van der Waals surface area contributed by atoms with Crippen LogP contribution in [0.2, 0.25) is 0 Å². The van der Waals surface area contributed by atoms with E-state index in [9.17, 15) is 0 Å². The van der Waals surface area contributed by atoms with Crippen LogP contribution in [0.1, 0.15) is 64.7 Å². The van der Waals surface area contributed by atoms with Gasteiger partial charge >= 0.3 is 0 Å². The zero-order valence-corrected chi connectivity index (χ0v) is 11.7. The molecule has 1 atom stereocenters. The Morgan fingerprint density at radius 2 is 1.43 bits per heavy atom. The smallest absolute Gasteiger partial charge is 0.0349 e. The molecule has 86 valence electrons. The zero-order chi connectivity index (χ0) is 10.6. The van der Waals surface area contributed by atoms with Crippen molar-refractivity contribution in [1.82, 2.24) is 0 Å². The lowest BCUT2D eigenvalue weighted by Gasteiger charge is -2.04. The van der Waals surface area contributed by atoms with Crippen LogP contribution in [-0.2, 0) is 0 Å². The van der Waals surface area contributed by atoms with Crippen molar-refractivity contribution >= 4 is 27.5 Å². The van der Waals surface area contributed by atoms with E-state index in [0.29, 0.717) is 4.83 Å². The molecular weight excluding hydrogens is 259 g/mol. The highest BCUT2D eigenvalue weighted by molar-refractivity contribution is 9.09. The third-order valence-electron chi connectivity index (χ3n) is 2.54. The first-order chi connectivity index (χ1) is 6.81. The molecule has 0 aliphatic carbocycles. The van der Waals surface area contributed by atoms with Gasteiger partial charge in [0.2, 0.25) is 0 Å². The maximum absolute atomic E-state index is 5.70. The first-order valence-corrected chi connectivity index (χ1v) is 7.46. The van der Waals surface area contributed by atoms with Crippen molar-refractivity contribution in [2.75, 3.05) is 5.88 Å². The Balaban J connectivity index is 2.92. The lowest BCUT2D eigenvalue weighted by molar-refractivity contribution is 0.566. The van der Waals surface area contributed by atoms with Crippen LogP contribution >= 0.6 is 27.5 Å². The molecule has 0 nitrogen and oxygen atoms in total. The van der Waals surface area contributed by atoms with Gasteiger partial charge in [0.25, 0.3) is 0 Å². The quantitative estimate of drug-likeness (QED) is 0.366. The molecule has 0 heterocycles. The van der Waals surface area contributed by atoms with Crippen LogP contribution in [0.4, 0.5) is 0 Å². The van der Waals surface area contributed by atoms with E-state index < -0.39 is 0 Å². The van der Waals surface area contributed by atoms with Gasteiger partial charge in [0.15, 0.2) is 0 Å². The standard InChI is InChI=1S/C12H24BrCl/c1-2-3-4-5-6-7-8-9-10-12(13)11-14/h12H,2-11H2,1H3. The predicted molar refractivity (Wildman–Crippen MR) is 70.7 cm³/mol. The van der Waals surface area contributed by atoms with Gasteiger partial charge in [-0.3, -0.25) is 0 Å². The molecule has 0 fully saturated rings. The van der Waals surface area contributed by atoms with Crippen molar-refractivity contribution in [2.45, 2.75) is 69.5 Å². The Labute approximate surface area is 103 Å². The van der Waals surface area contributed by atoms with Crippen molar-refractivity contribution in [3.8, 4) is 0 Å². The molecule has 2 heteroatoms. The largest absolute Gasteiger partial charge is 0.126 e. The molecular formula is C12H24BrCl. The fourth-order valence-corrected chi connectivity index (χ4v) is 2.05. The SMILES string of the molecule is CCCCCCCCCCC(Br)CCl. The lowest BCUT2D eigenvalue weighted by Crippen LogP contribution is -1.98. The highest BCUT2D eigenvalue weighted by atomic mass is 79.9. The van der Waals surface area contributed by atoms with Crippen molar-refractivity contribution in [1.29, 1.82) is 0 Å². The number of rotatable bonds is 10. The first kappa shape index (κ1) is 14.8. The Kier molecular flexibility index (Phi) is 12.5. The zero-order valence-electron chi connectivity index (χ0n) is 9.40. The molecule has 1 unspecified atom stereocenters. The average Bonchev–Trinajstić information content (AvgIpc) is 2.21. The topological polar surface area (TPSA) is 0 Å². The summed E-state index contributed by atoms with van der Waals surface area (Å²) in [6, 6.07) is 0. The number of halogens is 2. The van der Waals surface area contributed by atoms with Gasteiger partial charge in [0, 0.05) is 10.7 Å². The number of hydrogen-bond donors (Lipinski definition) is 0. The van der Waals surface area contributed by atoms with E-state index in [1.54, 1.807) is 0 Å². The lowest BCUT2D eigenvalue weighted by atomic mass is 10.1. The van der Waals surface area contributed by atoms with Crippen molar-refractivity contribution in [3.05, 3.63) is 0 Å². The van der Waals surface area contributed by atoms with Gasteiger partial charge in [-0.15, -0.1) is 11.6 Å². The maximum atomic E-state index is 5.70. The minimum absolute atomic E-state index is 0.532. The van der Waals surface area contributed by atoms with E-state index in [4.69, 9.17) is 11.6 Å². The van der Waals surface area contributed by atoms with Crippen LogP contribution in [0.15, 0.2) is 0 Å². The van der Waals surface area contributed by atoms with Crippen LogP contribution in [-0.4, -0.2) is 10.7 Å². The molecule has 0 saturated heterocycles. The molecule has 0 amide bonds. The summed E-state index contributed by atoms with van der Waals surface area (Å²) in [4.78, 5) is 0.532. The van der Waals surface area contributed by atoms with Crippen molar-refractivity contribution in [3.63, 3.8) is 0 Å². The predicted octanol–water partition coefficient (Wildman–Crippen LogP) is 5.52. The van der Waals surface area contributed by atoms with Crippen molar-refractivity contribution < 1.29 is 0 Å². The summed E-state index contributed by atoms with van der Waals surface area (Å²) >= 11 is 9.25. The Hall–Kier alpha value is 0.770. The monoisotopic (exact) mass is 282 g/mol. The molecule has 0 aliphatic heterocycles. The van der Waals surface area contributed by atoms with Gasteiger partial charge in [0.05, 0.1) is 0 Å². The van der Waals surface area contributed by atoms with E-state index >= 15 is 0 Å². The van der Waals surface area contributed by atoms with Gasteiger partial charge in [0.1, 0.15) is 0 Å². The minimum Gasteiger partial charge on any atom is -0.126 e. The first-order valence-electron chi connectivity index (χ1n) is 6.01. The third-order valence-corrected chi connectivity index (χ3v) is 4.07. The van der Waals surface area contributed by atoms with E-state index in [1.807, 2.05) is 0 Å². The maximum Gasteiger partial charge on any atom is 0.0349 e.